The lowest BCUT2D eigenvalue weighted by Crippen LogP contribution is -2.49. The predicted octanol–water partition coefficient (Wildman–Crippen LogP) is -1.37. The Labute approximate surface area is 89.0 Å². The van der Waals surface area contributed by atoms with Crippen molar-refractivity contribution in [3.8, 4) is 0 Å². The highest BCUT2D eigenvalue weighted by atomic mass is 16.5. The number of carbonyl (C=O) groups is 2. The molecule has 1 amide bonds. The number of ether oxygens (including phenoxy) is 1. The summed E-state index contributed by atoms with van der Waals surface area (Å²) in [4.78, 5) is 22.0. The number of methoxy groups -OCH3 is 1. The maximum Gasteiger partial charge on any atom is 0.329 e. The molecule has 0 aromatic rings. The van der Waals surface area contributed by atoms with Gasteiger partial charge < -0.3 is 20.5 Å². The van der Waals surface area contributed by atoms with Crippen LogP contribution in [0.25, 0.3) is 0 Å². The van der Waals surface area contributed by atoms with Crippen molar-refractivity contribution in [1.82, 2.24) is 10.6 Å². The second-order valence-electron chi connectivity index (χ2n) is 3.27. The minimum atomic E-state index is -0.721. The van der Waals surface area contributed by atoms with Crippen molar-refractivity contribution in [2.75, 3.05) is 20.3 Å². The second kappa shape index (κ2) is 7.19. The van der Waals surface area contributed by atoms with E-state index in [0.717, 1.165) is 0 Å². The maximum atomic E-state index is 11.2. The average molecular weight is 218 g/mol. The number of aliphatic hydroxyl groups excluding tert-OH is 1. The van der Waals surface area contributed by atoms with Gasteiger partial charge in [0.05, 0.1) is 13.7 Å². The Morgan fingerprint density at radius 1 is 1.47 bits per heavy atom. The molecule has 15 heavy (non-hydrogen) atoms. The van der Waals surface area contributed by atoms with Crippen molar-refractivity contribution < 1.29 is 19.4 Å². The monoisotopic (exact) mass is 218 g/mol. The molecule has 6 nitrogen and oxygen atoms in total. The Hall–Kier alpha value is -1.14. The molecule has 0 fully saturated rings. The van der Waals surface area contributed by atoms with Crippen LogP contribution in [0.5, 0.6) is 0 Å². The van der Waals surface area contributed by atoms with Gasteiger partial charge in [-0.1, -0.05) is 0 Å². The summed E-state index contributed by atoms with van der Waals surface area (Å²) in [5.74, 6) is -0.813. The summed E-state index contributed by atoms with van der Waals surface area (Å²) in [5.41, 5.74) is 0. The molecule has 6 heteroatoms. The summed E-state index contributed by atoms with van der Waals surface area (Å²) in [6.45, 7) is 3.29. The van der Waals surface area contributed by atoms with Gasteiger partial charge in [-0.3, -0.25) is 4.79 Å². The van der Waals surface area contributed by atoms with Crippen molar-refractivity contribution in [1.29, 1.82) is 0 Å². The van der Waals surface area contributed by atoms with Crippen LogP contribution in [0, 0.1) is 0 Å². The van der Waals surface area contributed by atoms with Gasteiger partial charge in [0.1, 0.15) is 6.04 Å². The molecule has 0 saturated carbocycles. The summed E-state index contributed by atoms with van der Waals surface area (Å²) in [6, 6.07) is -0.854. The molecule has 0 aliphatic heterocycles. The standard InChI is InChI=1S/C9H18N2O4/c1-6(5-12)10-4-8(9(14)15-3)11-7(2)13/h6,8,10,12H,4-5H2,1-3H3,(H,11,13). The van der Waals surface area contributed by atoms with E-state index in [4.69, 9.17) is 5.11 Å². The first-order chi connectivity index (χ1) is 7.01. The molecule has 3 N–H and O–H groups in total. The van der Waals surface area contributed by atoms with Gasteiger partial charge in [-0.15, -0.1) is 0 Å². The van der Waals surface area contributed by atoms with E-state index in [0.29, 0.717) is 0 Å². The lowest BCUT2D eigenvalue weighted by Gasteiger charge is -2.18. The number of carbonyl (C=O) groups excluding carboxylic acids is 2. The zero-order valence-electron chi connectivity index (χ0n) is 9.24. The summed E-state index contributed by atoms with van der Waals surface area (Å²) < 4.78 is 4.52. The van der Waals surface area contributed by atoms with E-state index in [1.807, 2.05) is 0 Å². The van der Waals surface area contributed by atoms with Gasteiger partial charge in [0.2, 0.25) is 5.91 Å². The largest absolute Gasteiger partial charge is 0.467 e. The summed E-state index contributed by atoms with van der Waals surface area (Å²) >= 11 is 0. The topological polar surface area (TPSA) is 87.7 Å². The molecule has 0 aromatic heterocycles. The van der Waals surface area contributed by atoms with Crippen LogP contribution < -0.4 is 10.6 Å². The highest BCUT2D eigenvalue weighted by molar-refractivity contribution is 5.83. The van der Waals surface area contributed by atoms with Gasteiger partial charge in [0, 0.05) is 19.5 Å². The molecule has 0 saturated heterocycles. The highest BCUT2D eigenvalue weighted by Gasteiger charge is 2.20. The molecule has 0 spiro atoms. The molecule has 0 aliphatic rings. The third kappa shape index (κ3) is 6.03. The summed E-state index contributed by atoms with van der Waals surface area (Å²) in [7, 11) is 1.26. The average Bonchev–Trinajstić information content (AvgIpc) is 2.21. The van der Waals surface area contributed by atoms with E-state index in [-0.39, 0.29) is 25.1 Å². The highest BCUT2D eigenvalue weighted by Crippen LogP contribution is 1.88. The molecule has 0 aliphatic carbocycles. The fraction of sp³-hybridized carbons (Fsp3) is 0.778. The molecule has 0 rings (SSSR count). The zero-order chi connectivity index (χ0) is 11.8. The van der Waals surface area contributed by atoms with Crippen LogP contribution in [0.3, 0.4) is 0 Å². The van der Waals surface area contributed by atoms with Gasteiger partial charge in [-0.25, -0.2) is 4.79 Å². The van der Waals surface area contributed by atoms with Gasteiger partial charge in [-0.2, -0.15) is 0 Å². The Balaban J connectivity index is 4.12. The fourth-order valence-electron chi connectivity index (χ4n) is 0.964. The molecular formula is C9H18N2O4. The maximum absolute atomic E-state index is 11.2. The third-order valence-electron chi connectivity index (χ3n) is 1.81. The van der Waals surface area contributed by atoms with Crippen LogP contribution in [0.15, 0.2) is 0 Å². The SMILES string of the molecule is COC(=O)C(CNC(C)CO)NC(C)=O. The molecule has 0 heterocycles. The smallest absolute Gasteiger partial charge is 0.329 e. The van der Waals surface area contributed by atoms with Crippen LogP contribution in [0.4, 0.5) is 0 Å². The van der Waals surface area contributed by atoms with Crippen molar-refractivity contribution >= 4 is 11.9 Å². The van der Waals surface area contributed by atoms with Gasteiger partial charge in [-0.05, 0) is 6.92 Å². The van der Waals surface area contributed by atoms with Crippen molar-refractivity contribution in [2.24, 2.45) is 0 Å². The van der Waals surface area contributed by atoms with E-state index in [1.165, 1.54) is 14.0 Å². The molecule has 88 valence electrons. The number of esters is 1. The lowest BCUT2D eigenvalue weighted by atomic mass is 10.2. The molecule has 2 unspecified atom stereocenters. The Kier molecular flexibility index (Phi) is 6.64. The van der Waals surface area contributed by atoms with E-state index in [9.17, 15) is 9.59 Å². The van der Waals surface area contributed by atoms with Crippen molar-refractivity contribution in [3.05, 3.63) is 0 Å². The molecular weight excluding hydrogens is 200 g/mol. The molecule has 0 aromatic carbocycles. The third-order valence-corrected chi connectivity index (χ3v) is 1.81. The van der Waals surface area contributed by atoms with E-state index < -0.39 is 12.0 Å². The summed E-state index contributed by atoms with van der Waals surface area (Å²) in [5, 5.41) is 14.1. The van der Waals surface area contributed by atoms with Crippen molar-refractivity contribution in [2.45, 2.75) is 25.9 Å². The Bertz CT molecular complexity index is 220. The number of hydrogen-bond acceptors (Lipinski definition) is 5. The second-order valence-corrected chi connectivity index (χ2v) is 3.27. The first-order valence-electron chi connectivity index (χ1n) is 4.70. The van der Waals surface area contributed by atoms with Crippen LogP contribution in [0.1, 0.15) is 13.8 Å². The van der Waals surface area contributed by atoms with Crippen LogP contribution in [-0.4, -0.2) is 49.3 Å². The van der Waals surface area contributed by atoms with Crippen LogP contribution in [0.2, 0.25) is 0 Å². The number of rotatable bonds is 6. The minimum absolute atomic E-state index is 0.0338. The van der Waals surface area contributed by atoms with Crippen LogP contribution in [-0.2, 0) is 14.3 Å². The van der Waals surface area contributed by atoms with Crippen molar-refractivity contribution in [3.63, 3.8) is 0 Å². The Morgan fingerprint density at radius 2 is 2.07 bits per heavy atom. The number of hydrogen-bond donors (Lipinski definition) is 3. The fourth-order valence-corrected chi connectivity index (χ4v) is 0.964. The van der Waals surface area contributed by atoms with Crippen LogP contribution >= 0.6 is 0 Å². The summed E-state index contributed by atoms with van der Waals surface area (Å²) in [6.07, 6.45) is 0. The number of nitrogens with one attached hydrogen (secondary N) is 2. The number of aliphatic hydroxyl groups is 1. The van der Waals surface area contributed by atoms with E-state index >= 15 is 0 Å². The first kappa shape index (κ1) is 13.9. The quantitative estimate of drug-likeness (QED) is 0.479. The van der Waals surface area contributed by atoms with Gasteiger partial charge in [0.15, 0.2) is 0 Å². The normalized spacial score (nSPS) is 14.1. The molecule has 0 radical (unpaired) electrons. The molecule has 0 bridgehead atoms. The first-order valence-corrected chi connectivity index (χ1v) is 4.70. The minimum Gasteiger partial charge on any atom is -0.467 e. The predicted molar refractivity (Wildman–Crippen MR) is 54.2 cm³/mol. The molecule has 2 atom stereocenters. The van der Waals surface area contributed by atoms with Gasteiger partial charge >= 0.3 is 5.97 Å². The van der Waals surface area contributed by atoms with E-state index in [1.54, 1.807) is 6.92 Å². The Morgan fingerprint density at radius 3 is 2.47 bits per heavy atom. The lowest BCUT2D eigenvalue weighted by molar-refractivity contribution is -0.144. The number of amides is 1. The zero-order valence-corrected chi connectivity index (χ0v) is 9.24. The van der Waals surface area contributed by atoms with E-state index in [2.05, 4.69) is 15.4 Å². The van der Waals surface area contributed by atoms with Gasteiger partial charge in [0.25, 0.3) is 0 Å².